The van der Waals surface area contributed by atoms with Crippen LogP contribution in [0.2, 0.25) is 0 Å². The molecule has 1 heterocycles. The van der Waals surface area contributed by atoms with Gasteiger partial charge in [-0.3, -0.25) is 14.9 Å². The highest BCUT2D eigenvalue weighted by atomic mass is 16.6. The molecule has 0 unspecified atom stereocenters. The number of para-hydroxylation sites is 1. The van der Waals surface area contributed by atoms with Crippen LogP contribution >= 0.6 is 0 Å². The van der Waals surface area contributed by atoms with Crippen LogP contribution in [0.1, 0.15) is 28.9 Å². The molecule has 0 bridgehead atoms. The lowest BCUT2D eigenvalue weighted by molar-refractivity contribution is -0.384. The zero-order valence-electron chi connectivity index (χ0n) is 10.6. The van der Waals surface area contributed by atoms with Crippen molar-refractivity contribution in [1.29, 1.82) is 0 Å². The first kappa shape index (κ1) is 12.4. The average molecular weight is 269 g/mol. The molecule has 0 fully saturated rings. The second-order valence-corrected chi connectivity index (χ2v) is 4.60. The van der Waals surface area contributed by atoms with Gasteiger partial charge in [-0.2, -0.15) is 0 Å². The molecule has 6 nitrogen and oxygen atoms in total. The Morgan fingerprint density at radius 2 is 1.95 bits per heavy atom. The molecule has 1 aromatic carbocycles. The molecule has 6 heteroatoms. The first-order valence-corrected chi connectivity index (χ1v) is 6.30. The van der Waals surface area contributed by atoms with Crippen molar-refractivity contribution in [3.05, 3.63) is 51.8 Å². The van der Waals surface area contributed by atoms with Crippen molar-refractivity contribution in [1.82, 2.24) is 9.97 Å². The molecule has 100 valence electrons. The number of hydrogen-bond acceptors (Lipinski definition) is 5. The zero-order chi connectivity index (χ0) is 14.1. The van der Waals surface area contributed by atoms with E-state index in [1.807, 2.05) is 0 Å². The Hall–Kier alpha value is -2.63. The maximum atomic E-state index is 11.7. The summed E-state index contributed by atoms with van der Waals surface area (Å²) in [7, 11) is 0. The average Bonchev–Trinajstić information content (AvgIpc) is 2.47. The second-order valence-electron chi connectivity index (χ2n) is 4.60. The van der Waals surface area contributed by atoms with Gasteiger partial charge in [-0.05, 0) is 18.9 Å². The monoisotopic (exact) mass is 269 g/mol. The predicted molar refractivity (Wildman–Crippen MR) is 71.4 cm³/mol. The van der Waals surface area contributed by atoms with Crippen LogP contribution in [0.3, 0.4) is 0 Å². The van der Waals surface area contributed by atoms with Gasteiger partial charge < -0.3 is 0 Å². The SMILES string of the molecule is O=C1CCCc2nc(-c3ccccc3[N+](=O)[O-])ncc21. The third-order valence-corrected chi connectivity index (χ3v) is 3.33. The first-order chi connectivity index (χ1) is 9.66. The number of ketones is 1. The summed E-state index contributed by atoms with van der Waals surface area (Å²) in [5, 5.41) is 11.0. The van der Waals surface area contributed by atoms with Crippen molar-refractivity contribution in [2.75, 3.05) is 0 Å². The van der Waals surface area contributed by atoms with Gasteiger partial charge in [-0.25, -0.2) is 9.97 Å². The smallest absolute Gasteiger partial charge is 0.280 e. The number of nitro groups is 1. The summed E-state index contributed by atoms with van der Waals surface area (Å²) in [4.78, 5) is 30.8. The maximum Gasteiger partial charge on any atom is 0.280 e. The lowest BCUT2D eigenvalue weighted by Crippen LogP contribution is -2.14. The summed E-state index contributed by atoms with van der Waals surface area (Å²) in [5.41, 5.74) is 1.57. The Kier molecular flexibility index (Phi) is 2.98. The van der Waals surface area contributed by atoms with E-state index in [4.69, 9.17) is 0 Å². The highest BCUT2D eigenvalue weighted by Gasteiger charge is 2.22. The largest absolute Gasteiger partial charge is 0.294 e. The van der Waals surface area contributed by atoms with Crippen molar-refractivity contribution in [2.45, 2.75) is 19.3 Å². The van der Waals surface area contributed by atoms with Crippen molar-refractivity contribution in [3.8, 4) is 11.4 Å². The van der Waals surface area contributed by atoms with Crippen LogP contribution in [0, 0.1) is 10.1 Å². The molecule has 3 rings (SSSR count). The minimum Gasteiger partial charge on any atom is -0.294 e. The molecule has 0 aliphatic heterocycles. The van der Waals surface area contributed by atoms with Gasteiger partial charge in [0.05, 0.1) is 21.7 Å². The fourth-order valence-corrected chi connectivity index (χ4v) is 2.34. The number of fused-ring (bicyclic) bond motifs is 1. The van der Waals surface area contributed by atoms with E-state index in [0.717, 1.165) is 6.42 Å². The van der Waals surface area contributed by atoms with Gasteiger partial charge in [0.25, 0.3) is 5.69 Å². The molecule has 0 N–H and O–H groups in total. The number of Topliss-reactive ketones (excluding diaryl/α,β-unsaturated/α-hetero) is 1. The lowest BCUT2D eigenvalue weighted by Gasteiger charge is -2.13. The molecule has 0 saturated carbocycles. The number of nitrogens with zero attached hydrogens (tertiary/aromatic N) is 3. The van der Waals surface area contributed by atoms with Crippen LogP contribution in [-0.4, -0.2) is 20.7 Å². The fraction of sp³-hybridized carbons (Fsp3) is 0.214. The van der Waals surface area contributed by atoms with Crippen LogP contribution in [0.25, 0.3) is 11.4 Å². The first-order valence-electron chi connectivity index (χ1n) is 6.30. The van der Waals surface area contributed by atoms with E-state index in [9.17, 15) is 14.9 Å². The van der Waals surface area contributed by atoms with E-state index < -0.39 is 4.92 Å². The van der Waals surface area contributed by atoms with Gasteiger partial charge >= 0.3 is 0 Å². The number of hydrogen-bond donors (Lipinski definition) is 0. The molecule has 0 saturated heterocycles. The van der Waals surface area contributed by atoms with Crippen molar-refractivity contribution in [2.24, 2.45) is 0 Å². The number of nitro benzene ring substituents is 1. The molecule has 0 amide bonds. The molecular formula is C14H11N3O3. The van der Waals surface area contributed by atoms with E-state index in [1.54, 1.807) is 18.2 Å². The Morgan fingerprint density at radius 1 is 1.15 bits per heavy atom. The van der Waals surface area contributed by atoms with Crippen LogP contribution in [0.4, 0.5) is 5.69 Å². The highest BCUT2D eigenvalue weighted by molar-refractivity contribution is 5.97. The quantitative estimate of drug-likeness (QED) is 0.617. The van der Waals surface area contributed by atoms with Crippen LogP contribution in [0.5, 0.6) is 0 Å². The minimum absolute atomic E-state index is 0.0328. The van der Waals surface area contributed by atoms with E-state index in [1.165, 1.54) is 12.3 Å². The van der Waals surface area contributed by atoms with Gasteiger partial charge in [-0.15, -0.1) is 0 Å². The predicted octanol–water partition coefficient (Wildman–Crippen LogP) is 2.57. The standard InChI is InChI=1S/C14H11N3O3/c18-13-7-3-5-11-10(13)8-15-14(16-11)9-4-1-2-6-12(9)17(19)20/h1-2,4,6,8H,3,5,7H2. The Morgan fingerprint density at radius 3 is 2.75 bits per heavy atom. The summed E-state index contributed by atoms with van der Waals surface area (Å²) in [6.45, 7) is 0. The fourth-order valence-electron chi connectivity index (χ4n) is 2.34. The normalized spacial score (nSPS) is 13.9. The van der Waals surface area contributed by atoms with Crippen LogP contribution in [-0.2, 0) is 6.42 Å². The molecule has 1 aromatic heterocycles. The molecule has 20 heavy (non-hydrogen) atoms. The molecule has 0 spiro atoms. The molecule has 1 aliphatic rings. The number of rotatable bonds is 2. The van der Waals surface area contributed by atoms with Crippen molar-refractivity contribution in [3.63, 3.8) is 0 Å². The lowest BCUT2D eigenvalue weighted by atomic mass is 9.96. The van der Waals surface area contributed by atoms with Gasteiger partial charge in [0.15, 0.2) is 11.6 Å². The molecule has 0 atom stereocenters. The van der Waals surface area contributed by atoms with E-state index in [0.29, 0.717) is 35.5 Å². The highest BCUT2D eigenvalue weighted by Crippen LogP contribution is 2.28. The molecular weight excluding hydrogens is 258 g/mol. The molecule has 1 aliphatic carbocycles. The number of aromatic nitrogens is 2. The molecule has 2 aromatic rings. The zero-order valence-corrected chi connectivity index (χ0v) is 10.6. The third-order valence-electron chi connectivity index (χ3n) is 3.33. The van der Waals surface area contributed by atoms with Gasteiger partial charge in [-0.1, -0.05) is 12.1 Å². The summed E-state index contributed by atoms with van der Waals surface area (Å²) >= 11 is 0. The van der Waals surface area contributed by atoms with E-state index in [2.05, 4.69) is 9.97 Å². The number of carbonyl (C=O) groups excluding carboxylic acids is 1. The maximum absolute atomic E-state index is 11.7. The Bertz CT molecular complexity index is 713. The summed E-state index contributed by atoms with van der Waals surface area (Å²) < 4.78 is 0. The van der Waals surface area contributed by atoms with Crippen LogP contribution in [0.15, 0.2) is 30.5 Å². The topological polar surface area (TPSA) is 86.0 Å². The minimum atomic E-state index is -0.455. The molecule has 0 radical (unpaired) electrons. The Balaban J connectivity index is 2.12. The number of carbonyl (C=O) groups is 1. The Labute approximate surface area is 114 Å². The van der Waals surface area contributed by atoms with Crippen molar-refractivity contribution < 1.29 is 9.72 Å². The van der Waals surface area contributed by atoms with Crippen LogP contribution < -0.4 is 0 Å². The summed E-state index contributed by atoms with van der Waals surface area (Å²) in [6.07, 6.45) is 3.47. The van der Waals surface area contributed by atoms with E-state index in [-0.39, 0.29) is 11.5 Å². The van der Waals surface area contributed by atoms with E-state index >= 15 is 0 Å². The summed E-state index contributed by atoms with van der Waals surface area (Å²) in [5.74, 6) is 0.339. The van der Waals surface area contributed by atoms with Gasteiger partial charge in [0, 0.05) is 18.7 Å². The second kappa shape index (κ2) is 4.80. The van der Waals surface area contributed by atoms with Crippen molar-refractivity contribution >= 4 is 11.5 Å². The third kappa shape index (κ3) is 2.05. The van der Waals surface area contributed by atoms with Gasteiger partial charge in [0.2, 0.25) is 0 Å². The summed E-state index contributed by atoms with van der Waals surface area (Å²) in [6, 6.07) is 6.34. The van der Waals surface area contributed by atoms with Gasteiger partial charge in [0.1, 0.15) is 0 Å². The number of aryl methyl sites for hydroxylation is 1. The number of benzene rings is 1.